The second kappa shape index (κ2) is 7.46. The molecular weight excluding hydrogens is 354 g/mol. The molecule has 0 fully saturated rings. The molecular formula is C22H23N3O3. The third-order valence-corrected chi connectivity index (χ3v) is 4.86. The molecule has 144 valence electrons. The van der Waals surface area contributed by atoms with E-state index in [0.717, 1.165) is 23.2 Å². The highest BCUT2D eigenvalue weighted by Gasteiger charge is 2.26. The Morgan fingerprint density at radius 2 is 1.86 bits per heavy atom. The molecule has 0 N–H and O–H groups in total. The van der Waals surface area contributed by atoms with Crippen molar-refractivity contribution in [3.05, 3.63) is 48.0 Å². The number of hydrogen-bond acceptors (Lipinski definition) is 5. The molecule has 0 unspecified atom stereocenters. The van der Waals surface area contributed by atoms with Gasteiger partial charge < -0.3 is 14.2 Å². The van der Waals surface area contributed by atoms with Crippen molar-refractivity contribution in [2.45, 2.75) is 33.1 Å². The number of aromatic nitrogens is 2. The zero-order valence-corrected chi connectivity index (χ0v) is 16.3. The SMILES string of the molecule is CCCN1C(=O)COc2ccc(-c3noc(-c4ccc(C(C)C)cc4)n3)cc21. The third kappa shape index (κ3) is 3.38. The summed E-state index contributed by atoms with van der Waals surface area (Å²) >= 11 is 0. The van der Waals surface area contributed by atoms with Crippen molar-refractivity contribution in [1.82, 2.24) is 10.1 Å². The van der Waals surface area contributed by atoms with Crippen LogP contribution in [0.5, 0.6) is 5.75 Å². The number of carbonyl (C=O) groups is 1. The highest BCUT2D eigenvalue weighted by Crippen LogP contribution is 2.36. The van der Waals surface area contributed by atoms with E-state index in [-0.39, 0.29) is 12.5 Å². The van der Waals surface area contributed by atoms with E-state index in [2.05, 4.69) is 36.1 Å². The van der Waals surface area contributed by atoms with E-state index in [1.54, 1.807) is 4.90 Å². The van der Waals surface area contributed by atoms with Gasteiger partial charge in [-0.2, -0.15) is 4.98 Å². The summed E-state index contributed by atoms with van der Waals surface area (Å²) < 4.78 is 11.0. The molecule has 0 atom stereocenters. The minimum absolute atomic E-state index is 0.0365. The van der Waals surface area contributed by atoms with Crippen LogP contribution in [0.4, 0.5) is 5.69 Å². The predicted octanol–water partition coefficient (Wildman–Crippen LogP) is 4.66. The van der Waals surface area contributed by atoms with E-state index in [0.29, 0.717) is 29.9 Å². The average Bonchev–Trinajstić information content (AvgIpc) is 3.20. The molecule has 4 rings (SSSR count). The number of rotatable bonds is 5. The predicted molar refractivity (Wildman–Crippen MR) is 107 cm³/mol. The summed E-state index contributed by atoms with van der Waals surface area (Å²) in [5.41, 5.74) is 3.68. The van der Waals surface area contributed by atoms with Crippen LogP contribution in [0.25, 0.3) is 22.8 Å². The van der Waals surface area contributed by atoms with Gasteiger partial charge in [0.15, 0.2) is 6.61 Å². The molecule has 1 aromatic heterocycles. The number of amides is 1. The minimum atomic E-state index is -0.0365. The van der Waals surface area contributed by atoms with Gasteiger partial charge in [0.05, 0.1) is 5.69 Å². The lowest BCUT2D eigenvalue weighted by atomic mass is 10.0. The fourth-order valence-corrected chi connectivity index (χ4v) is 3.28. The molecule has 28 heavy (non-hydrogen) atoms. The molecule has 0 spiro atoms. The first-order valence-electron chi connectivity index (χ1n) is 9.58. The molecule has 0 bridgehead atoms. The van der Waals surface area contributed by atoms with Crippen LogP contribution in [0.1, 0.15) is 38.7 Å². The maximum atomic E-state index is 12.2. The molecule has 0 radical (unpaired) electrons. The molecule has 6 nitrogen and oxygen atoms in total. The maximum Gasteiger partial charge on any atom is 0.265 e. The molecule has 0 saturated carbocycles. The smallest absolute Gasteiger partial charge is 0.265 e. The fraction of sp³-hybridized carbons (Fsp3) is 0.318. The normalized spacial score (nSPS) is 13.6. The van der Waals surface area contributed by atoms with Crippen molar-refractivity contribution >= 4 is 11.6 Å². The number of carbonyl (C=O) groups excluding carboxylic acids is 1. The number of hydrogen-bond donors (Lipinski definition) is 0. The third-order valence-electron chi connectivity index (χ3n) is 4.86. The Balaban J connectivity index is 1.65. The molecule has 3 aromatic rings. The van der Waals surface area contributed by atoms with E-state index in [1.165, 1.54) is 5.56 Å². The van der Waals surface area contributed by atoms with Gasteiger partial charge in [0.25, 0.3) is 11.8 Å². The van der Waals surface area contributed by atoms with Gasteiger partial charge in [-0.15, -0.1) is 0 Å². The van der Waals surface area contributed by atoms with Gasteiger partial charge in [0.1, 0.15) is 5.75 Å². The quantitative estimate of drug-likeness (QED) is 0.647. The lowest BCUT2D eigenvalue weighted by Crippen LogP contribution is -2.39. The highest BCUT2D eigenvalue weighted by molar-refractivity contribution is 5.98. The summed E-state index contributed by atoms with van der Waals surface area (Å²) in [6.07, 6.45) is 0.869. The average molecular weight is 377 g/mol. The summed E-state index contributed by atoms with van der Waals surface area (Å²) in [5.74, 6) is 2.09. The van der Waals surface area contributed by atoms with Gasteiger partial charge in [0, 0.05) is 17.7 Å². The van der Waals surface area contributed by atoms with Gasteiger partial charge in [-0.05, 0) is 48.2 Å². The molecule has 1 aliphatic rings. The molecule has 0 saturated heterocycles. The van der Waals surface area contributed by atoms with E-state index in [1.807, 2.05) is 37.3 Å². The first-order valence-corrected chi connectivity index (χ1v) is 9.58. The number of nitrogens with zero attached hydrogens (tertiary/aromatic N) is 3. The zero-order chi connectivity index (χ0) is 19.7. The first kappa shape index (κ1) is 18.2. The molecule has 1 amide bonds. The number of anilines is 1. The molecule has 6 heteroatoms. The van der Waals surface area contributed by atoms with Crippen LogP contribution in [0, 0.1) is 0 Å². The molecule has 1 aliphatic heterocycles. The van der Waals surface area contributed by atoms with Crippen molar-refractivity contribution < 1.29 is 14.1 Å². The topological polar surface area (TPSA) is 68.5 Å². The summed E-state index contributed by atoms with van der Waals surface area (Å²) in [6.45, 7) is 7.09. The molecule has 2 heterocycles. The van der Waals surface area contributed by atoms with Gasteiger partial charge in [0.2, 0.25) is 5.82 Å². The minimum Gasteiger partial charge on any atom is -0.482 e. The van der Waals surface area contributed by atoms with Crippen molar-refractivity contribution in [1.29, 1.82) is 0 Å². The first-order chi connectivity index (χ1) is 13.6. The number of ether oxygens (including phenoxy) is 1. The van der Waals surface area contributed by atoms with Gasteiger partial charge in [-0.1, -0.05) is 38.1 Å². The second-order valence-electron chi connectivity index (χ2n) is 7.22. The van der Waals surface area contributed by atoms with E-state index in [9.17, 15) is 4.79 Å². The van der Waals surface area contributed by atoms with Crippen LogP contribution >= 0.6 is 0 Å². The Morgan fingerprint density at radius 3 is 2.57 bits per heavy atom. The summed E-state index contributed by atoms with van der Waals surface area (Å²) in [6, 6.07) is 13.8. The van der Waals surface area contributed by atoms with Crippen LogP contribution in [0.3, 0.4) is 0 Å². The molecule has 0 aliphatic carbocycles. The van der Waals surface area contributed by atoms with Crippen molar-refractivity contribution in [3.63, 3.8) is 0 Å². The van der Waals surface area contributed by atoms with Crippen molar-refractivity contribution in [2.75, 3.05) is 18.1 Å². The summed E-state index contributed by atoms with van der Waals surface area (Å²) in [7, 11) is 0. The zero-order valence-electron chi connectivity index (χ0n) is 16.3. The fourth-order valence-electron chi connectivity index (χ4n) is 3.28. The largest absolute Gasteiger partial charge is 0.482 e. The lowest BCUT2D eigenvalue weighted by molar-refractivity contribution is -0.121. The van der Waals surface area contributed by atoms with Gasteiger partial charge >= 0.3 is 0 Å². The van der Waals surface area contributed by atoms with Gasteiger partial charge in [-0.25, -0.2) is 0 Å². The standard InChI is InChI=1S/C22H23N3O3/c1-4-11-25-18-12-17(9-10-19(18)27-13-20(25)26)21-23-22(28-24-21)16-7-5-15(6-8-16)14(2)3/h5-10,12,14H,4,11,13H2,1-3H3. The van der Waals surface area contributed by atoms with E-state index in [4.69, 9.17) is 9.26 Å². The van der Waals surface area contributed by atoms with Crippen LogP contribution in [-0.4, -0.2) is 29.2 Å². The monoisotopic (exact) mass is 377 g/mol. The lowest BCUT2D eigenvalue weighted by Gasteiger charge is -2.29. The van der Waals surface area contributed by atoms with Crippen molar-refractivity contribution in [2.24, 2.45) is 0 Å². The van der Waals surface area contributed by atoms with E-state index < -0.39 is 0 Å². The van der Waals surface area contributed by atoms with Crippen LogP contribution < -0.4 is 9.64 Å². The van der Waals surface area contributed by atoms with Gasteiger partial charge in [-0.3, -0.25) is 4.79 Å². The molecule has 2 aromatic carbocycles. The Bertz CT molecular complexity index is 993. The Labute approximate surface area is 164 Å². The number of benzene rings is 2. The van der Waals surface area contributed by atoms with Crippen molar-refractivity contribution in [3.8, 4) is 28.6 Å². The summed E-state index contributed by atoms with van der Waals surface area (Å²) in [4.78, 5) is 18.5. The Hall–Kier alpha value is -3.15. The Morgan fingerprint density at radius 1 is 1.11 bits per heavy atom. The maximum absolute atomic E-state index is 12.2. The highest BCUT2D eigenvalue weighted by atomic mass is 16.5. The summed E-state index contributed by atoms with van der Waals surface area (Å²) in [5, 5.41) is 4.13. The van der Waals surface area contributed by atoms with Crippen LogP contribution in [0.2, 0.25) is 0 Å². The Kier molecular flexibility index (Phi) is 4.86. The van der Waals surface area contributed by atoms with E-state index >= 15 is 0 Å². The van der Waals surface area contributed by atoms with Crippen LogP contribution in [-0.2, 0) is 4.79 Å². The van der Waals surface area contributed by atoms with Crippen LogP contribution in [0.15, 0.2) is 47.0 Å². The second-order valence-corrected chi connectivity index (χ2v) is 7.22. The number of fused-ring (bicyclic) bond motifs is 1.